The second-order valence-electron chi connectivity index (χ2n) is 3.71. The lowest BCUT2D eigenvalue weighted by molar-refractivity contribution is 0.868. The Balaban J connectivity index is 2.49. The molecule has 0 saturated carbocycles. The van der Waals surface area contributed by atoms with Crippen LogP contribution in [0.5, 0.6) is 0 Å². The number of benzene rings is 1. The standard InChI is InChI=1S/C13H12BrClN2/c1-2-6-10-11(14)12(15)17-13(16-10)9-7-4-3-5-8-9/h3-5,7-8H,2,6H2,1H3. The van der Waals surface area contributed by atoms with Crippen molar-refractivity contribution in [1.29, 1.82) is 0 Å². The number of hydrogen-bond acceptors (Lipinski definition) is 2. The van der Waals surface area contributed by atoms with Gasteiger partial charge in [-0.05, 0) is 22.4 Å². The fraction of sp³-hybridized carbons (Fsp3) is 0.231. The van der Waals surface area contributed by atoms with Crippen LogP contribution in [0.2, 0.25) is 5.15 Å². The van der Waals surface area contributed by atoms with E-state index in [1.54, 1.807) is 0 Å². The maximum atomic E-state index is 6.11. The average Bonchev–Trinajstić information content (AvgIpc) is 2.36. The van der Waals surface area contributed by atoms with Crippen molar-refractivity contribution in [1.82, 2.24) is 9.97 Å². The Morgan fingerprint density at radius 2 is 1.88 bits per heavy atom. The molecule has 0 aliphatic rings. The average molecular weight is 312 g/mol. The summed E-state index contributed by atoms with van der Waals surface area (Å²) in [5.41, 5.74) is 1.95. The van der Waals surface area contributed by atoms with E-state index < -0.39 is 0 Å². The zero-order valence-corrected chi connectivity index (χ0v) is 11.8. The molecule has 0 unspecified atom stereocenters. The van der Waals surface area contributed by atoms with Crippen molar-refractivity contribution in [3.63, 3.8) is 0 Å². The van der Waals surface area contributed by atoms with E-state index in [-0.39, 0.29) is 0 Å². The van der Waals surface area contributed by atoms with E-state index in [1.165, 1.54) is 0 Å². The van der Waals surface area contributed by atoms with Gasteiger partial charge in [-0.25, -0.2) is 9.97 Å². The summed E-state index contributed by atoms with van der Waals surface area (Å²) in [7, 11) is 0. The minimum absolute atomic E-state index is 0.474. The molecule has 2 aromatic rings. The van der Waals surface area contributed by atoms with Crippen molar-refractivity contribution in [3.05, 3.63) is 45.7 Å². The topological polar surface area (TPSA) is 25.8 Å². The van der Waals surface area contributed by atoms with Crippen molar-refractivity contribution in [2.75, 3.05) is 0 Å². The molecule has 0 spiro atoms. The normalized spacial score (nSPS) is 10.5. The number of aryl methyl sites for hydroxylation is 1. The fourth-order valence-corrected chi connectivity index (χ4v) is 2.15. The van der Waals surface area contributed by atoms with Crippen molar-refractivity contribution in [2.45, 2.75) is 19.8 Å². The molecule has 0 fully saturated rings. The first-order valence-electron chi connectivity index (χ1n) is 5.49. The summed E-state index contributed by atoms with van der Waals surface area (Å²) >= 11 is 9.54. The maximum Gasteiger partial charge on any atom is 0.161 e. The van der Waals surface area contributed by atoms with Crippen molar-refractivity contribution in [3.8, 4) is 11.4 Å². The van der Waals surface area contributed by atoms with E-state index in [0.29, 0.717) is 11.0 Å². The largest absolute Gasteiger partial charge is 0.232 e. The molecule has 88 valence electrons. The van der Waals surface area contributed by atoms with Crippen LogP contribution in [0.4, 0.5) is 0 Å². The molecule has 1 aromatic carbocycles. The Labute approximate surface area is 114 Å². The highest BCUT2D eigenvalue weighted by Crippen LogP contribution is 2.27. The molecule has 0 N–H and O–H groups in total. The smallest absolute Gasteiger partial charge is 0.161 e. The summed E-state index contributed by atoms with van der Waals surface area (Å²) < 4.78 is 0.806. The van der Waals surface area contributed by atoms with Crippen LogP contribution in [0.25, 0.3) is 11.4 Å². The van der Waals surface area contributed by atoms with E-state index in [2.05, 4.69) is 32.8 Å². The van der Waals surface area contributed by atoms with Gasteiger partial charge in [0, 0.05) is 5.56 Å². The van der Waals surface area contributed by atoms with Crippen LogP contribution in [-0.2, 0) is 6.42 Å². The van der Waals surface area contributed by atoms with Gasteiger partial charge in [-0.1, -0.05) is 55.3 Å². The third-order valence-electron chi connectivity index (χ3n) is 2.40. The van der Waals surface area contributed by atoms with Gasteiger partial charge < -0.3 is 0 Å². The van der Waals surface area contributed by atoms with Crippen molar-refractivity contribution in [2.24, 2.45) is 0 Å². The molecular weight excluding hydrogens is 300 g/mol. The van der Waals surface area contributed by atoms with Crippen molar-refractivity contribution >= 4 is 27.5 Å². The summed E-state index contributed by atoms with van der Waals surface area (Å²) in [6.07, 6.45) is 1.92. The molecule has 0 aliphatic carbocycles. The maximum absolute atomic E-state index is 6.11. The minimum Gasteiger partial charge on any atom is -0.232 e. The Morgan fingerprint density at radius 1 is 1.18 bits per heavy atom. The molecular formula is C13H12BrClN2. The molecule has 17 heavy (non-hydrogen) atoms. The summed E-state index contributed by atoms with van der Waals surface area (Å²) in [4.78, 5) is 8.84. The van der Waals surface area contributed by atoms with Gasteiger partial charge in [0.1, 0.15) is 5.15 Å². The lowest BCUT2D eigenvalue weighted by Gasteiger charge is -2.07. The Bertz CT molecular complexity index is 514. The Hall–Kier alpha value is -0.930. The Kier molecular flexibility index (Phi) is 4.13. The number of rotatable bonds is 3. The second kappa shape index (κ2) is 5.61. The first-order chi connectivity index (χ1) is 8.22. The van der Waals surface area contributed by atoms with E-state index in [4.69, 9.17) is 11.6 Å². The predicted molar refractivity (Wildman–Crippen MR) is 74.2 cm³/mol. The molecule has 0 amide bonds. The highest BCUT2D eigenvalue weighted by Gasteiger charge is 2.11. The van der Waals surface area contributed by atoms with E-state index >= 15 is 0 Å². The van der Waals surface area contributed by atoms with Gasteiger partial charge in [0.25, 0.3) is 0 Å². The monoisotopic (exact) mass is 310 g/mol. The van der Waals surface area contributed by atoms with E-state index in [0.717, 1.165) is 28.6 Å². The number of aromatic nitrogens is 2. The first-order valence-corrected chi connectivity index (χ1v) is 6.66. The van der Waals surface area contributed by atoms with Gasteiger partial charge in [0.2, 0.25) is 0 Å². The van der Waals surface area contributed by atoms with Crippen LogP contribution in [-0.4, -0.2) is 9.97 Å². The third kappa shape index (κ3) is 2.85. The molecule has 4 heteroatoms. The third-order valence-corrected chi connectivity index (χ3v) is 3.73. The SMILES string of the molecule is CCCc1nc(-c2ccccc2)nc(Cl)c1Br. The van der Waals surface area contributed by atoms with Gasteiger partial charge in [-0.3, -0.25) is 0 Å². The van der Waals surface area contributed by atoms with Gasteiger partial charge in [-0.15, -0.1) is 0 Å². The van der Waals surface area contributed by atoms with Crippen LogP contribution in [0, 0.1) is 0 Å². The lowest BCUT2D eigenvalue weighted by atomic mass is 10.2. The van der Waals surface area contributed by atoms with Crippen LogP contribution >= 0.6 is 27.5 Å². The number of hydrogen-bond donors (Lipinski definition) is 0. The van der Waals surface area contributed by atoms with Crippen molar-refractivity contribution < 1.29 is 0 Å². The molecule has 0 bridgehead atoms. The molecule has 0 saturated heterocycles. The van der Waals surface area contributed by atoms with Gasteiger partial charge in [-0.2, -0.15) is 0 Å². The second-order valence-corrected chi connectivity index (χ2v) is 4.87. The molecule has 1 aromatic heterocycles. The van der Waals surface area contributed by atoms with Crippen LogP contribution in [0.1, 0.15) is 19.0 Å². The minimum atomic E-state index is 0.474. The number of nitrogens with zero attached hydrogens (tertiary/aromatic N) is 2. The lowest BCUT2D eigenvalue weighted by Crippen LogP contribution is -1.98. The first kappa shape index (κ1) is 12.5. The van der Waals surface area contributed by atoms with Crippen LogP contribution < -0.4 is 0 Å². The highest BCUT2D eigenvalue weighted by molar-refractivity contribution is 9.10. The quantitative estimate of drug-likeness (QED) is 0.779. The zero-order chi connectivity index (χ0) is 12.3. The van der Waals surface area contributed by atoms with E-state index in [1.807, 2.05) is 30.3 Å². The van der Waals surface area contributed by atoms with Gasteiger partial charge in [0.15, 0.2) is 5.82 Å². The van der Waals surface area contributed by atoms with Gasteiger partial charge >= 0.3 is 0 Å². The molecule has 1 heterocycles. The number of halogens is 2. The molecule has 2 rings (SSSR count). The molecule has 0 atom stereocenters. The Morgan fingerprint density at radius 3 is 2.53 bits per heavy atom. The zero-order valence-electron chi connectivity index (χ0n) is 9.45. The predicted octanol–water partition coefficient (Wildman–Crippen LogP) is 4.51. The summed E-state index contributed by atoms with van der Waals surface area (Å²) in [6.45, 7) is 2.12. The van der Waals surface area contributed by atoms with Crippen LogP contribution in [0.15, 0.2) is 34.8 Å². The van der Waals surface area contributed by atoms with Gasteiger partial charge in [0.05, 0.1) is 10.2 Å². The molecule has 0 aliphatic heterocycles. The highest BCUT2D eigenvalue weighted by atomic mass is 79.9. The summed E-state index contributed by atoms with van der Waals surface area (Å²) in [5.74, 6) is 0.683. The van der Waals surface area contributed by atoms with E-state index in [9.17, 15) is 0 Å². The fourth-order valence-electron chi connectivity index (χ4n) is 1.58. The summed E-state index contributed by atoms with van der Waals surface area (Å²) in [6, 6.07) is 9.86. The molecule has 2 nitrogen and oxygen atoms in total. The van der Waals surface area contributed by atoms with Crippen LogP contribution in [0.3, 0.4) is 0 Å². The summed E-state index contributed by atoms with van der Waals surface area (Å²) in [5, 5.41) is 0.474. The molecule has 0 radical (unpaired) electrons.